The lowest BCUT2D eigenvalue weighted by atomic mass is 9.95. The molecule has 108 valence electrons. The average molecular weight is 291 g/mol. The fourth-order valence-corrected chi connectivity index (χ4v) is 4.73. The van der Waals surface area contributed by atoms with Gasteiger partial charge in [0.25, 0.3) is 0 Å². The van der Waals surface area contributed by atoms with Crippen molar-refractivity contribution in [3.8, 4) is 0 Å². The SMILES string of the molecule is NC1(Cc2nn3c(C4CCCC4)nnc3s2)CCCC1. The summed E-state index contributed by atoms with van der Waals surface area (Å²) >= 11 is 1.66. The number of rotatable bonds is 3. The molecule has 2 aliphatic rings. The smallest absolute Gasteiger partial charge is 0.234 e. The highest BCUT2D eigenvalue weighted by Gasteiger charge is 2.31. The summed E-state index contributed by atoms with van der Waals surface area (Å²) in [6.45, 7) is 0. The molecule has 2 aromatic rings. The van der Waals surface area contributed by atoms with Gasteiger partial charge in [-0.1, -0.05) is 37.0 Å². The minimum atomic E-state index is -0.0309. The van der Waals surface area contributed by atoms with Crippen molar-refractivity contribution in [2.75, 3.05) is 0 Å². The van der Waals surface area contributed by atoms with E-state index >= 15 is 0 Å². The van der Waals surface area contributed by atoms with Crippen LogP contribution in [0.15, 0.2) is 0 Å². The van der Waals surface area contributed by atoms with Crippen molar-refractivity contribution in [1.82, 2.24) is 19.8 Å². The lowest BCUT2D eigenvalue weighted by molar-refractivity contribution is 0.433. The normalized spacial score (nSPS) is 23.1. The van der Waals surface area contributed by atoms with Gasteiger partial charge in [-0.25, -0.2) is 0 Å². The van der Waals surface area contributed by atoms with E-state index in [4.69, 9.17) is 10.8 Å². The Morgan fingerprint density at radius 3 is 2.65 bits per heavy atom. The van der Waals surface area contributed by atoms with Gasteiger partial charge in [0.2, 0.25) is 4.96 Å². The molecule has 4 rings (SSSR count). The van der Waals surface area contributed by atoms with E-state index in [1.807, 2.05) is 4.52 Å². The Bertz CT molecular complexity index is 604. The Labute approximate surface area is 122 Å². The van der Waals surface area contributed by atoms with Gasteiger partial charge in [-0.3, -0.25) is 0 Å². The zero-order valence-electron chi connectivity index (χ0n) is 11.7. The number of nitrogens with zero attached hydrogens (tertiary/aromatic N) is 4. The standard InChI is InChI=1S/C14H21N5S/c15-14(7-3-4-8-14)9-11-18-19-12(10-5-1-2-6-10)16-17-13(19)20-11/h10H,1-9,15H2. The third kappa shape index (κ3) is 2.15. The van der Waals surface area contributed by atoms with Gasteiger partial charge in [0.1, 0.15) is 5.01 Å². The lowest BCUT2D eigenvalue weighted by Gasteiger charge is -2.21. The molecule has 2 aromatic heterocycles. The molecule has 0 amide bonds. The second-order valence-corrected chi connectivity index (χ2v) is 7.52. The molecule has 0 unspecified atom stereocenters. The van der Waals surface area contributed by atoms with Crippen molar-refractivity contribution in [3.63, 3.8) is 0 Å². The molecule has 2 heterocycles. The molecule has 2 aliphatic carbocycles. The van der Waals surface area contributed by atoms with Crippen molar-refractivity contribution < 1.29 is 0 Å². The molecule has 0 aliphatic heterocycles. The van der Waals surface area contributed by atoms with Gasteiger partial charge in [0.05, 0.1) is 0 Å². The first kappa shape index (κ1) is 12.7. The maximum absolute atomic E-state index is 6.46. The maximum atomic E-state index is 6.46. The summed E-state index contributed by atoms with van der Waals surface area (Å²) in [6.07, 6.45) is 10.7. The van der Waals surface area contributed by atoms with E-state index in [2.05, 4.69) is 10.2 Å². The van der Waals surface area contributed by atoms with Crippen LogP contribution in [0.2, 0.25) is 0 Å². The Balaban J connectivity index is 1.62. The highest BCUT2D eigenvalue weighted by molar-refractivity contribution is 7.16. The fourth-order valence-electron chi connectivity index (χ4n) is 3.74. The van der Waals surface area contributed by atoms with Crippen LogP contribution in [0.5, 0.6) is 0 Å². The predicted molar refractivity (Wildman–Crippen MR) is 79.0 cm³/mol. The van der Waals surface area contributed by atoms with Gasteiger partial charge >= 0.3 is 0 Å². The molecule has 0 radical (unpaired) electrons. The van der Waals surface area contributed by atoms with Gasteiger partial charge in [-0.15, -0.1) is 10.2 Å². The largest absolute Gasteiger partial charge is 0.325 e. The molecule has 0 spiro atoms. The molecular formula is C14H21N5S. The van der Waals surface area contributed by atoms with E-state index in [0.29, 0.717) is 5.92 Å². The minimum Gasteiger partial charge on any atom is -0.325 e. The van der Waals surface area contributed by atoms with Gasteiger partial charge in [-0.05, 0) is 25.7 Å². The average Bonchev–Trinajstić information content (AvgIpc) is 3.12. The van der Waals surface area contributed by atoms with E-state index in [1.54, 1.807) is 11.3 Å². The summed E-state index contributed by atoms with van der Waals surface area (Å²) in [5.74, 6) is 1.62. The van der Waals surface area contributed by atoms with Crippen molar-refractivity contribution in [2.24, 2.45) is 5.73 Å². The summed E-state index contributed by atoms with van der Waals surface area (Å²) in [4.78, 5) is 0.934. The first-order valence-electron chi connectivity index (χ1n) is 7.73. The van der Waals surface area contributed by atoms with Crippen LogP contribution in [0.1, 0.15) is 68.1 Å². The number of hydrogen-bond donors (Lipinski definition) is 1. The molecule has 0 aromatic carbocycles. The van der Waals surface area contributed by atoms with Crippen LogP contribution in [0.3, 0.4) is 0 Å². The maximum Gasteiger partial charge on any atom is 0.234 e. The first-order chi connectivity index (χ1) is 9.73. The Kier molecular flexibility index (Phi) is 3.03. The van der Waals surface area contributed by atoms with Crippen LogP contribution in [0.25, 0.3) is 4.96 Å². The number of aromatic nitrogens is 4. The molecule has 0 bridgehead atoms. The van der Waals surface area contributed by atoms with Gasteiger partial charge in [0, 0.05) is 17.9 Å². The Hall–Kier alpha value is -1.01. The minimum absolute atomic E-state index is 0.0309. The van der Waals surface area contributed by atoms with E-state index in [-0.39, 0.29) is 5.54 Å². The highest BCUT2D eigenvalue weighted by atomic mass is 32.1. The lowest BCUT2D eigenvalue weighted by Crippen LogP contribution is -2.38. The van der Waals surface area contributed by atoms with Crippen molar-refractivity contribution in [1.29, 1.82) is 0 Å². The van der Waals surface area contributed by atoms with Crippen LogP contribution >= 0.6 is 11.3 Å². The second-order valence-electron chi connectivity index (χ2n) is 6.48. The van der Waals surface area contributed by atoms with E-state index in [1.165, 1.54) is 38.5 Å². The van der Waals surface area contributed by atoms with Crippen LogP contribution in [0.4, 0.5) is 0 Å². The fraction of sp³-hybridized carbons (Fsp3) is 0.786. The number of fused-ring (bicyclic) bond motifs is 1. The number of hydrogen-bond acceptors (Lipinski definition) is 5. The van der Waals surface area contributed by atoms with Crippen molar-refractivity contribution in [2.45, 2.75) is 69.2 Å². The van der Waals surface area contributed by atoms with Crippen LogP contribution < -0.4 is 5.73 Å². The summed E-state index contributed by atoms with van der Waals surface area (Å²) in [5, 5.41) is 14.5. The van der Waals surface area contributed by atoms with Gasteiger partial charge in [0.15, 0.2) is 5.82 Å². The topological polar surface area (TPSA) is 69.1 Å². The monoisotopic (exact) mass is 291 g/mol. The van der Waals surface area contributed by atoms with E-state index in [9.17, 15) is 0 Å². The van der Waals surface area contributed by atoms with Crippen molar-refractivity contribution in [3.05, 3.63) is 10.8 Å². The van der Waals surface area contributed by atoms with E-state index in [0.717, 1.165) is 35.1 Å². The Morgan fingerprint density at radius 2 is 1.90 bits per heavy atom. The van der Waals surface area contributed by atoms with Gasteiger partial charge in [-0.2, -0.15) is 9.61 Å². The quantitative estimate of drug-likeness (QED) is 0.944. The highest BCUT2D eigenvalue weighted by Crippen LogP contribution is 2.35. The molecule has 20 heavy (non-hydrogen) atoms. The first-order valence-corrected chi connectivity index (χ1v) is 8.55. The summed E-state index contributed by atoms with van der Waals surface area (Å²) < 4.78 is 1.98. The van der Waals surface area contributed by atoms with E-state index < -0.39 is 0 Å². The van der Waals surface area contributed by atoms with Crippen molar-refractivity contribution >= 4 is 16.3 Å². The third-order valence-electron chi connectivity index (χ3n) is 4.88. The molecule has 5 nitrogen and oxygen atoms in total. The zero-order valence-corrected chi connectivity index (χ0v) is 12.5. The molecule has 2 fully saturated rings. The zero-order chi connectivity index (χ0) is 13.6. The molecule has 2 saturated carbocycles. The van der Waals surface area contributed by atoms with Crippen LogP contribution in [-0.4, -0.2) is 25.4 Å². The third-order valence-corrected chi connectivity index (χ3v) is 5.78. The predicted octanol–water partition coefficient (Wildman–Crippen LogP) is 2.66. The second kappa shape index (κ2) is 4.77. The summed E-state index contributed by atoms with van der Waals surface area (Å²) in [6, 6.07) is 0. The van der Waals surface area contributed by atoms with Crippen LogP contribution in [0, 0.1) is 0 Å². The summed E-state index contributed by atoms with van der Waals surface area (Å²) in [5.41, 5.74) is 6.43. The molecule has 2 N–H and O–H groups in total. The molecular weight excluding hydrogens is 270 g/mol. The Morgan fingerprint density at radius 1 is 1.15 bits per heavy atom. The number of nitrogens with two attached hydrogens (primary N) is 1. The summed E-state index contributed by atoms with van der Waals surface area (Å²) in [7, 11) is 0. The molecule has 6 heteroatoms. The molecule has 0 saturated heterocycles. The molecule has 0 atom stereocenters. The van der Waals surface area contributed by atoms with Gasteiger partial charge < -0.3 is 5.73 Å². The van der Waals surface area contributed by atoms with Crippen LogP contribution in [-0.2, 0) is 6.42 Å².